The van der Waals surface area contributed by atoms with E-state index in [-0.39, 0.29) is 24.6 Å². The topological polar surface area (TPSA) is 72.6 Å². The lowest BCUT2D eigenvalue weighted by molar-refractivity contribution is -0.140. The first-order valence-corrected chi connectivity index (χ1v) is 11.4. The molecule has 2 atom stereocenters. The third kappa shape index (κ3) is 3.97. The van der Waals surface area contributed by atoms with E-state index in [4.69, 9.17) is 9.15 Å². The third-order valence-corrected chi connectivity index (χ3v) is 6.46. The second-order valence-corrected chi connectivity index (χ2v) is 8.70. The van der Waals surface area contributed by atoms with Crippen LogP contribution in [0.3, 0.4) is 0 Å². The molecule has 3 aromatic carbocycles. The number of rotatable bonds is 4. The average molecular weight is 443 g/mol. The van der Waals surface area contributed by atoms with E-state index in [0.717, 1.165) is 30.2 Å². The van der Waals surface area contributed by atoms with Crippen molar-refractivity contribution in [1.29, 1.82) is 0 Å². The van der Waals surface area contributed by atoms with Crippen molar-refractivity contribution in [3.05, 3.63) is 66.2 Å². The van der Waals surface area contributed by atoms with Crippen LogP contribution in [0.25, 0.3) is 33.3 Å². The van der Waals surface area contributed by atoms with Gasteiger partial charge in [-0.05, 0) is 62.8 Å². The summed E-state index contributed by atoms with van der Waals surface area (Å²) in [5.74, 6) is -0.244. The first-order valence-electron chi connectivity index (χ1n) is 11.4. The highest BCUT2D eigenvalue weighted by atomic mass is 16.5. The van der Waals surface area contributed by atoms with Gasteiger partial charge in [-0.3, -0.25) is 4.79 Å². The maximum absolute atomic E-state index is 13.1. The number of aromatic nitrogens is 1. The minimum atomic E-state index is -0.533. The van der Waals surface area contributed by atoms with Crippen molar-refractivity contribution in [3.63, 3.8) is 0 Å². The van der Waals surface area contributed by atoms with Crippen LogP contribution in [-0.4, -0.2) is 40.5 Å². The van der Waals surface area contributed by atoms with E-state index in [0.29, 0.717) is 28.0 Å². The molecule has 33 heavy (non-hydrogen) atoms. The normalized spacial score (nSPS) is 18.5. The van der Waals surface area contributed by atoms with Gasteiger partial charge < -0.3 is 14.1 Å². The number of nitrogens with zero attached hydrogens (tertiary/aromatic N) is 2. The maximum Gasteiger partial charge on any atom is 0.339 e. The third-order valence-electron chi connectivity index (χ3n) is 6.46. The summed E-state index contributed by atoms with van der Waals surface area (Å²) in [6, 6.07) is 19.0. The molecule has 1 aliphatic heterocycles. The van der Waals surface area contributed by atoms with E-state index in [1.54, 1.807) is 6.07 Å². The molecule has 6 heteroatoms. The molecule has 2 heterocycles. The van der Waals surface area contributed by atoms with Gasteiger partial charge in [0.1, 0.15) is 5.52 Å². The quantitative estimate of drug-likeness (QED) is 0.385. The second kappa shape index (κ2) is 8.70. The molecule has 6 nitrogen and oxygen atoms in total. The summed E-state index contributed by atoms with van der Waals surface area (Å²) in [7, 11) is 0. The average Bonchev–Trinajstić information content (AvgIpc) is 3.26. The zero-order chi connectivity index (χ0) is 22.9. The number of carbonyl (C=O) groups excluding carboxylic acids is 2. The number of hydrogen-bond acceptors (Lipinski definition) is 5. The van der Waals surface area contributed by atoms with Crippen LogP contribution in [0.4, 0.5) is 0 Å². The van der Waals surface area contributed by atoms with Crippen LogP contribution >= 0.6 is 0 Å². The van der Waals surface area contributed by atoms with Crippen molar-refractivity contribution in [1.82, 2.24) is 9.88 Å². The monoisotopic (exact) mass is 442 g/mol. The van der Waals surface area contributed by atoms with Gasteiger partial charge in [-0.1, -0.05) is 36.4 Å². The van der Waals surface area contributed by atoms with Gasteiger partial charge in [0.05, 0.1) is 5.56 Å². The molecule has 168 valence electrons. The fraction of sp³-hybridized carbons (Fsp3) is 0.296. The van der Waals surface area contributed by atoms with Crippen LogP contribution in [0.1, 0.15) is 43.5 Å². The summed E-state index contributed by atoms with van der Waals surface area (Å²) in [5.41, 5.74) is 2.53. The van der Waals surface area contributed by atoms with Crippen molar-refractivity contribution < 1.29 is 18.7 Å². The first-order chi connectivity index (χ1) is 16.0. The molecule has 0 unspecified atom stereocenters. The number of amides is 1. The molecule has 5 rings (SSSR count). The molecule has 0 N–H and O–H groups in total. The summed E-state index contributed by atoms with van der Waals surface area (Å²) < 4.78 is 11.5. The van der Waals surface area contributed by atoms with Crippen molar-refractivity contribution >= 4 is 33.7 Å². The molecule has 0 saturated carbocycles. The van der Waals surface area contributed by atoms with E-state index in [1.807, 2.05) is 73.3 Å². The number of benzene rings is 3. The molecule has 0 radical (unpaired) electrons. The van der Waals surface area contributed by atoms with Crippen molar-refractivity contribution in [2.24, 2.45) is 0 Å². The minimum absolute atomic E-state index is 0.150. The molecule has 0 spiro atoms. The number of oxazole rings is 1. The fourth-order valence-electron chi connectivity index (χ4n) is 4.87. The molecule has 4 aromatic rings. The van der Waals surface area contributed by atoms with E-state index in [9.17, 15) is 9.59 Å². The largest absolute Gasteiger partial charge is 0.452 e. The molecule has 1 saturated heterocycles. The summed E-state index contributed by atoms with van der Waals surface area (Å²) in [6.07, 6.45) is 3.06. The Bertz CT molecular complexity index is 1290. The lowest BCUT2D eigenvalue weighted by Gasteiger charge is -2.38. The Balaban J connectivity index is 1.45. The van der Waals surface area contributed by atoms with Gasteiger partial charge in [-0.25, -0.2) is 9.78 Å². The Morgan fingerprint density at radius 1 is 1.00 bits per heavy atom. The number of carbonyl (C=O) groups is 2. The number of ether oxygens (including phenoxy) is 1. The highest BCUT2D eigenvalue weighted by molar-refractivity contribution is 6.10. The molecule has 1 amide bonds. The first kappa shape index (κ1) is 21.2. The summed E-state index contributed by atoms with van der Waals surface area (Å²) in [4.78, 5) is 32.4. The van der Waals surface area contributed by atoms with Crippen LogP contribution in [0.5, 0.6) is 0 Å². The molecular formula is C27H26N2O4. The highest BCUT2D eigenvalue weighted by Crippen LogP contribution is 2.33. The SMILES string of the molecule is C[C@@H]1CCC[C@@H](C)N1C(=O)COC(=O)c1cccc2cccc(-c3nc4ccccc4o3)c12. The van der Waals surface area contributed by atoms with Crippen LogP contribution < -0.4 is 0 Å². The fourth-order valence-corrected chi connectivity index (χ4v) is 4.87. The minimum Gasteiger partial charge on any atom is -0.452 e. The summed E-state index contributed by atoms with van der Waals surface area (Å²) in [6.45, 7) is 3.83. The predicted molar refractivity (Wildman–Crippen MR) is 127 cm³/mol. The second-order valence-electron chi connectivity index (χ2n) is 8.70. The number of piperidine rings is 1. The Kier molecular flexibility index (Phi) is 5.58. The van der Waals surface area contributed by atoms with E-state index in [2.05, 4.69) is 4.98 Å². The van der Waals surface area contributed by atoms with Crippen molar-refractivity contribution in [2.45, 2.75) is 45.2 Å². The van der Waals surface area contributed by atoms with Gasteiger partial charge in [-0.2, -0.15) is 0 Å². The van der Waals surface area contributed by atoms with Gasteiger partial charge in [0.15, 0.2) is 12.2 Å². The Hall–Kier alpha value is -3.67. The number of para-hydroxylation sites is 2. The molecular weight excluding hydrogens is 416 g/mol. The Morgan fingerprint density at radius 3 is 2.48 bits per heavy atom. The predicted octanol–water partition coefficient (Wildman–Crippen LogP) is 5.59. The van der Waals surface area contributed by atoms with Crippen LogP contribution in [0, 0.1) is 0 Å². The van der Waals surface area contributed by atoms with Gasteiger partial charge in [0.25, 0.3) is 5.91 Å². The smallest absolute Gasteiger partial charge is 0.339 e. The molecule has 1 aromatic heterocycles. The van der Waals surface area contributed by atoms with Crippen molar-refractivity contribution in [2.75, 3.05) is 6.61 Å². The molecule has 0 aliphatic carbocycles. The number of esters is 1. The van der Waals surface area contributed by atoms with Crippen molar-refractivity contribution in [3.8, 4) is 11.5 Å². The highest BCUT2D eigenvalue weighted by Gasteiger charge is 2.29. The lowest BCUT2D eigenvalue weighted by atomic mass is 9.97. The van der Waals surface area contributed by atoms with E-state index in [1.165, 1.54) is 0 Å². The van der Waals surface area contributed by atoms with Gasteiger partial charge in [0, 0.05) is 23.0 Å². The van der Waals surface area contributed by atoms with E-state index >= 15 is 0 Å². The number of hydrogen-bond donors (Lipinski definition) is 0. The maximum atomic E-state index is 13.1. The van der Waals surface area contributed by atoms with Gasteiger partial charge >= 0.3 is 5.97 Å². The standard InChI is InChI=1S/C27H26N2O4/c1-17-8-5-9-18(2)29(17)24(30)16-32-27(31)21-13-7-11-19-10-6-12-20(25(19)21)26-28-22-14-3-4-15-23(22)33-26/h3-4,6-7,10-15,17-18H,5,8-9,16H2,1-2H3/t17-,18-/m1/s1. The van der Waals surface area contributed by atoms with Crippen LogP contribution in [-0.2, 0) is 9.53 Å². The van der Waals surface area contributed by atoms with Gasteiger partial charge in [0.2, 0.25) is 5.89 Å². The zero-order valence-corrected chi connectivity index (χ0v) is 18.8. The summed E-state index contributed by atoms with van der Waals surface area (Å²) >= 11 is 0. The van der Waals surface area contributed by atoms with E-state index < -0.39 is 5.97 Å². The number of likely N-dealkylation sites (tertiary alicyclic amines) is 1. The Labute approximate surface area is 192 Å². The zero-order valence-electron chi connectivity index (χ0n) is 18.8. The van der Waals surface area contributed by atoms with Gasteiger partial charge in [-0.15, -0.1) is 0 Å². The van der Waals surface area contributed by atoms with Crippen LogP contribution in [0.15, 0.2) is 65.1 Å². The molecule has 1 fully saturated rings. The molecule has 1 aliphatic rings. The number of fused-ring (bicyclic) bond motifs is 2. The molecule has 0 bridgehead atoms. The van der Waals surface area contributed by atoms with Crippen LogP contribution in [0.2, 0.25) is 0 Å². The lowest BCUT2D eigenvalue weighted by Crippen LogP contribution is -2.49. The Morgan fingerprint density at radius 2 is 1.73 bits per heavy atom. The summed E-state index contributed by atoms with van der Waals surface area (Å²) in [5, 5.41) is 1.57.